The van der Waals surface area contributed by atoms with Gasteiger partial charge in [-0.25, -0.2) is 4.39 Å². The molecule has 1 saturated carbocycles. The number of aliphatic carboxylic acids is 1. The number of nitrogens with zero attached hydrogens (tertiary/aromatic N) is 1. The maximum atomic E-state index is 13.2. The number of carbonyl (C=O) groups excluding carboxylic acids is 1. The van der Waals surface area contributed by atoms with Gasteiger partial charge in [-0.3, -0.25) is 14.5 Å². The van der Waals surface area contributed by atoms with E-state index in [2.05, 4.69) is 5.32 Å². The molecule has 0 aromatic heterocycles. The molecule has 6 heteroatoms. The Hall–Kier alpha value is -1.95. The quantitative estimate of drug-likeness (QED) is 0.816. The van der Waals surface area contributed by atoms with Gasteiger partial charge < -0.3 is 10.4 Å². The van der Waals surface area contributed by atoms with Gasteiger partial charge in [-0.2, -0.15) is 0 Å². The zero-order valence-corrected chi connectivity index (χ0v) is 15.0. The average molecular weight is 362 g/mol. The van der Waals surface area contributed by atoms with Gasteiger partial charge in [0.2, 0.25) is 5.91 Å². The van der Waals surface area contributed by atoms with E-state index in [1.807, 2.05) is 17.0 Å². The SMILES string of the molecule is O=C(CN1CCC(C(=O)O)CC1)NCC1(c2ccc(F)cc2)CCCC1. The normalized spacial score (nSPS) is 20.8. The van der Waals surface area contributed by atoms with Crippen molar-refractivity contribution in [3.05, 3.63) is 35.6 Å². The summed E-state index contributed by atoms with van der Waals surface area (Å²) in [6.07, 6.45) is 5.45. The van der Waals surface area contributed by atoms with Crippen LogP contribution < -0.4 is 5.32 Å². The minimum atomic E-state index is -0.739. The molecular weight excluding hydrogens is 335 g/mol. The van der Waals surface area contributed by atoms with Crippen molar-refractivity contribution < 1.29 is 19.1 Å². The maximum Gasteiger partial charge on any atom is 0.306 e. The zero-order valence-electron chi connectivity index (χ0n) is 15.0. The van der Waals surface area contributed by atoms with E-state index < -0.39 is 5.97 Å². The Kier molecular flexibility index (Phi) is 5.91. The summed E-state index contributed by atoms with van der Waals surface area (Å²) in [7, 11) is 0. The van der Waals surface area contributed by atoms with Crippen LogP contribution in [-0.4, -0.2) is 48.1 Å². The summed E-state index contributed by atoms with van der Waals surface area (Å²) in [6.45, 7) is 2.18. The van der Waals surface area contributed by atoms with Crippen LogP contribution in [0.1, 0.15) is 44.1 Å². The third kappa shape index (κ3) is 4.41. The molecule has 1 heterocycles. The van der Waals surface area contributed by atoms with Crippen LogP contribution in [-0.2, 0) is 15.0 Å². The molecular formula is C20H27FN2O3. The number of piperidine rings is 1. The number of likely N-dealkylation sites (tertiary alicyclic amines) is 1. The maximum absolute atomic E-state index is 13.2. The lowest BCUT2D eigenvalue weighted by Crippen LogP contribution is -2.45. The lowest BCUT2D eigenvalue weighted by Gasteiger charge is -2.32. The first kappa shape index (κ1) is 18.8. The average Bonchev–Trinajstić information content (AvgIpc) is 3.11. The van der Waals surface area contributed by atoms with E-state index in [0.717, 1.165) is 31.2 Å². The Labute approximate surface area is 153 Å². The van der Waals surface area contributed by atoms with Crippen LogP contribution in [0, 0.1) is 11.7 Å². The van der Waals surface area contributed by atoms with E-state index in [9.17, 15) is 14.0 Å². The van der Waals surface area contributed by atoms with Crippen LogP contribution in [0.3, 0.4) is 0 Å². The van der Waals surface area contributed by atoms with E-state index >= 15 is 0 Å². The highest BCUT2D eigenvalue weighted by Gasteiger charge is 2.36. The largest absolute Gasteiger partial charge is 0.481 e. The van der Waals surface area contributed by atoms with Gasteiger partial charge in [0.15, 0.2) is 0 Å². The predicted octanol–water partition coefficient (Wildman–Crippen LogP) is 2.55. The molecule has 5 nitrogen and oxygen atoms in total. The molecule has 1 amide bonds. The topological polar surface area (TPSA) is 69.6 Å². The second-order valence-electron chi connectivity index (χ2n) is 7.66. The molecule has 142 valence electrons. The van der Waals surface area contributed by atoms with Crippen molar-refractivity contribution in [2.45, 2.75) is 43.9 Å². The Morgan fingerprint density at radius 1 is 1.15 bits per heavy atom. The standard InChI is InChI=1S/C20H27FN2O3/c21-17-5-3-16(4-6-17)20(9-1-2-10-20)14-22-18(24)13-23-11-7-15(8-12-23)19(25)26/h3-6,15H,1-2,7-14H2,(H,22,24)(H,25,26). The smallest absolute Gasteiger partial charge is 0.306 e. The van der Waals surface area contributed by atoms with Crippen molar-refractivity contribution in [1.29, 1.82) is 0 Å². The number of carboxylic acid groups (broad SMARTS) is 1. The summed E-state index contributed by atoms with van der Waals surface area (Å²) in [4.78, 5) is 25.4. The first-order valence-electron chi connectivity index (χ1n) is 9.46. The molecule has 0 bridgehead atoms. The highest BCUT2D eigenvalue weighted by atomic mass is 19.1. The van der Waals surface area contributed by atoms with Crippen molar-refractivity contribution in [3.8, 4) is 0 Å². The second-order valence-corrected chi connectivity index (χ2v) is 7.66. The molecule has 26 heavy (non-hydrogen) atoms. The van der Waals surface area contributed by atoms with Crippen LogP contribution in [0.25, 0.3) is 0 Å². The fraction of sp³-hybridized carbons (Fsp3) is 0.600. The summed E-state index contributed by atoms with van der Waals surface area (Å²) in [5.41, 5.74) is 0.999. The van der Waals surface area contributed by atoms with Crippen molar-refractivity contribution in [2.75, 3.05) is 26.2 Å². The van der Waals surface area contributed by atoms with Crippen LogP contribution in [0.5, 0.6) is 0 Å². The van der Waals surface area contributed by atoms with Crippen LogP contribution in [0.15, 0.2) is 24.3 Å². The Balaban J connectivity index is 1.52. The van der Waals surface area contributed by atoms with Crippen molar-refractivity contribution in [1.82, 2.24) is 10.2 Å². The molecule has 2 fully saturated rings. The first-order chi connectivity index (χ1) is 12.5. The van der Waals surface area contributed by atoms with Gasteiger partial charge in [-0.1, -0.05) is 25.0 Å². The number of hydrogen-bond acceptors (Lipinski definition) is 3. The fourth-order valence-corrected chi connectivity index (χ4v) is 4.29. The summed E-state index contributed by atoms with van der Waals surface area (Å²) < 4.78 is 13.2. The molecule has 1 saturated heterocycles. The molecule has 1 aliphatic carbocycles. The monoisotopic (exact) mass is 362 g/mol. The van der Waals surface area contributed by atoms with Gasteiger partial charge in [-0.15, -0.1) is 0 Å². The summed E-state index contributed by atoms with van der Waals surface area (Å²) >= 11 is 0. The number of rotatable bonds is 6. The van der Waals surface area contributed by atoms with E-state index in [1.54, 1.807) is 0 Å². The van der Waals surface area contributed by atoms with E-state index in [4.69, 9.17) is 5.11 Å². The molecule has 0 radical (unpaired) electrons. The van der Waals surface area contributed by atoms with E-state index in [1.165, 1.54) is 12.1 Å². The fourth-order valence-electron chi connectivity index (χ4n) is 4.29. The molecule has 0 atom stereocenters. The van der Waals surface area contributed by atoms with Crippen molar-refractivity contribution in [3.63, 3.8) is 0 Å². The summed E-state index contributed by atoms with van der Waals surface area (Å²) in [6, 6.07) is 6.65. The predicted molar refractivity (Wildman–Crippen MR) is 96.4 cm³/mol. The Bertz CT molecular complexity index is 633. The number of benzene rings is 1. The van der Waals surface area contributed by atoms with E-state index in [0.29, 0.717) is 39.0 Å². The highest BCUT2D eigenvalue weighted by molar-refractivity contribution is 5.78. The van der Waals surface area contributed by atoms with E-state index in [-0.39, 0.29) is 23.1 Å². The molecule has 0 spiro atoms. The molecule has 2 N–H and O–H groups in total. The van der Waals surface area contributed by atoms with Crippen LogP contribution >= 0.6 is 0 Å². The number of carbonyl (C=O) groups is 2. The van der Waals surface area contributed by atoms with Gasteiger partial charge in [-0.05, 0) is 56.5 Å². The third-order valence-electron chi connectivity index (χ3n) is 5.95. The molecule has 1 aromatic carbocycles. The summed E-state index contributed by atoms with van der Waals surface area (Å²) in [5, 5.41) is 12.1. The lowest BCUT2D eigenvalue weighted by atomic mass is 9.79. The van der Waals surface area contributed by atoms with Gasteiger partial charge in [0.1, 0.15) is 5.82 Å². The number of nitrogens with one attached hydrogen (secondary N) is 1. The third-order valence-corrected chi connectivity index (χ3v) is 5.95. The molecule has 1 aromatic rings. The van der Waals surface area contributed by atoms with Crippen LogP contribution in [0.2, 0.25) is 0 Å². The molecule has 0 unspecified atom stereocenters. The Morgan fingerprint density at radius 3 is 2.35 bits per heavy atom. The molecule has 3 rings (SSSR count). The van der Waals surface area contributed by atoms with Crippen molar-refractivity contribution in [2.24, 2.45) is 5.92 Å². The number of carboxylic acids is 1. The Morgan fingerprint density at radius 2 is 1.77 bits per heavy atom. The number of amides is 1. The van der Waals surface area contributed by atoms with Gasteiger partial charge in [0.25, 0.3) is 0 Å². The van der Waals surface area contributed by atoms with Gasteiger partial charge in [0, 0.05) is 12.0 Å². The van der Waals surface area contributed by atoms with Gasteiger partial charge in [0.05, 0.1) is 12.5 Å². The molecule has 2 aliphatic rings. The van der Waals surface area contributed by atoms with Crippen molar-refractivity contribution >= 4 is 11.9 Å². The summed E-state index contributed by atoms with van der Waals surface area (Å²) in [5.74, 6) is -1.28. The lowest BCUT2D eigenvalue weighted by molar-refractivity contribution is -0.143. The zero-order chi connectivity index (χ0) is 18.6. The second kappa shape index (κ2) is 8.16. The minimum absolute atomic E-state index is 0.0211. The minimum Gasteiger partial charge on any atom is -0.481 e. The molecule has 1 aliphatic heterocycles. The first-order valence-corrected chi connectivity index (χ1v) is 9.46. The highest BCUT2D eigenvalue weighted by Crippen LogP contribution is 2.40. The number of hydrogen-bond donors (Lipinski definition) is 2. The number of halogens is 1. The van der Waals surface area contributed by atoms with Gasteiger partial charge >= 0.3 is 5.97 Å². The van der Waals surface area contributed by atoms with Crippen LogP contribution in [0.4, 0.5) is 4.39 Å².